The van der Waals surface area contributed by atoms with Crippen LogP contribution in [0.15, 0.2) is 0 Å². The van der Waals surface area contributed by atoms with Crippen LogP contribution in [0, 0.1) is 6.92 Å². The molecule has 0 radical (unpaired) electrons. The Morgan fingerprint density at radius 3 is 2.57 bits per heavy atom. The van der Waals surface area contributed by atoms with Crippen molar-refractivity contribution in [2.24, 2.45) is 0 Å². The molecule has 0 aliphatic carbocycles. The zero-order valence-corrected chi connectivity index (χ0v) is 9.05. The van der Waals surface area contributed by atoms with Crippen molar-refractivity contribution in [3.63, 3.8) is 0 Å². The maximum Gasteiger partial charge on any atom is 0.182 e. The molecule has 0 saturated carbocycles. The molecule has 1 N–H and O–H groups in total. The number of aromatic amines is 1. The minimum atomic E-state index is 0.334. The highest BCUT2D eigenvalue weighted by Crippen LogP contribution is 2.20. The number of hydrogen-bond donors (Lipinski definition) is 1. The lowest BCUT2D eigenvalue weighted by molar-refractivity contribution is 0.798. The van der Waals surface area contributed by atoms with Gasteiger partial charge < -0.3 is 4.98 Å². The molecule has 0 aliphatic rings. The van der Waals surface area contributed by atoms with E-state index < -0.39 is 0 Å². The summed E-state index contributed by atoms with van der Waals surface area (Å²) >= 11 is 5.96. The third kappa shape index (κ3) is 1.46. The van der Waals surface area contributed by atoms with Crippen LogP contribution in [0.25, 0.3) is 11.2 Å². The van der Waals surface area contributed by atoms with Gasteiger partial charge in [0.1, 0.15) is 17.2 Å². The normalized spacial score (nSPS) is 11.5. The summed E-state index contributed by atoms with van der Waals surface area (Å²) in [6, 6.07) is 0. The van der Waals surface area contributed by atoms with Crippen molar-refractivity contribution in [1.29, 1.82) is 0 Å². The van der Waals surface area contributed by atoms with Crippen LogP contribution < -0.4 is 0 Å². The summed E-state index contributed by atoms with van der Waals surface area (Å²) in [5.74, 6) is 1.87. The van der Waals surface area contributed by atoms with Gasteiger partial charge in [-0.15, -0.1) is 0 Å². The Labute approximate surface area is 86.7 Å². The minimum absolute atomic E-state index is 0.334. The maximum absolute atomic E-state index is 5.96. The largest absolute Gasteiger partial charge is 0.338 e. The van der Waals surface area contributed by atoms with Crippen LogP contribution >= 0.6 is 11.6 Å². The van der Waals surface area contributed by atoms with Crippen molar-refractivity contribution in [2.45, 2.75) is 26.7 Å². The van der Waals surface area contributed by atoms with Gasteiger partial charge in [-0.1, -0.05) is 25.4 Å². The van der Waals surface area contributed by atoms with E-state index in [1.54, 1.807) is 6.92 Å². The number of H-pyrrole nitrogens is 1. The van der Waals surface area contributed by atoms with E-state index in [1.165, 1.54) is 0 Å². The Morgan fingerprint density at radius 2 is 1.93 bits per heavy atom. The molecule has 2 aromatic rings. The molecular formula is C9H11ClN4. The predicted molar refractivity (Wildman–Crippen MR) is 55.5 cm³/mol. The molecule has 0 saturated heterocycles. The quantitative estimate of drug-likeness (QED) is 0.736. The highest BCUT2D eigenvalue weighted by atomic mass is 35.5. The molecule has 2 heterocycles. The van der Waals surface area contributed by atoms with E-state index in [-0.39, 0.29) is 0 Å². The van der Waals surface area contributed by atoms with Gasteiger partial charge in [0.25, 0.3) is 0 Å². The van der Waals surface area contributed by atoms with Gasteiger partial charge in [0.05, 0.1) is 0 Å². The van der Waals surface area contributed by atoms with Crippen LogP contribution in [-0.4, -0.2) is 19.9 Å². The summed E-state index contributed by atoms with van der Waals surface area (Å²) in [5, 5.41) is 0.437. The van der Waals surface area contributed by atoms with Crippen LogP contribution in [0.4, 0.5) is 0 Å². The Kier molecular flexibility index (Phi) is 2.15. The van der Waals surface area contributed by atoms with E-state index in [9.17, 15) is 0 Å². The number of aromatic nitrogens is 4. The van der Waals surface area contributed by atoms with Crippen LogP contribution in [0.5, 0.6) is 0 Å². The molecule has 0 atom stereocenters. The van der Waals surface area contributed by atoms with E-state index in [4.69, 9.17) is 11.6 Å². The molecule has 0 spiro atoms. The Hall–Kier alpha value is -1.16. The monoisotopic (exact) mass is 210 g/mol. The molecule has 5 heteroatoms. The third-order valence-corrected chi connectivity index (χ3v) is 2.26. The fourth-order valence-corrected chi connectivity index (χ4v) is 1.51. The molecule has 0 aliphatic heterocycles. The average Bonchev–Trinajstić information content (AvgIpc) is 2.47. The van der Waals surface area contributed by atoms with E-state index in [1.807, 2.05) is 0 Å². The Balaban J connectivity index is 2.70. The van der Waals surface area contributed by atoms with E-state index >= 15 is 0 Å². The van der Waals surface area contributed by atoms with Crippen molar-refractivity contribution >= 4 is 22.8 Å². The second-order valence-electron chi connectivity index (χ2n) is 3.54. The van der Waals surface area contributed by atoms with Gasteiger partial charge in [-0.2, -0.15) is 0 Å². The second-order valence-corrected chi connectivity index (χ2v) is 3.89. The van der Waals surface area contributed by atoms with Gasteiger partial charge >= 0.3 is 0 Å². The van der Waals surface area contributed by atoms with Crippen molar-refractivity contribution in [1.82, 2.24) is 19.9 Å². The van der Waals surface area contributed by atoms with E-state index in [0.717, 1.165) is 11.3 Å². The number of fused-ring (bicyclic) bond motifs is 1. The highest BCUT2D eigenvalue weighted by molar-refractivity contribution is 6.33. The summed E-state index contributed by atoms with van der Waals surface area (Å²) in [5.41, 5.74) is 1.37. The minimum Gasteiger partial charge on any atom is -0.338 e. The number of nitrogens with one attached hydrogen (secondary N) is 1. The lowest BCUT2D eigenvalue weighted by atomic mass is 10.2. The van der Waals surface area contributed by atoms with Crippen LogP contribution in [-0.2, 0) is 0 Å². The summed E-state index contributed by atoms with van der Waals surface area (Å²) in [7, 11) is 0. The standard InChI is InChI=1S/C9H11ClN4/c1-4(2)8-13-6-7(10)11-5(3)12-9(6)14-8/h4H,1-3H3,(H,11,12,13,14). The summed E-state index contributed by atoms with van der Waals surface area (Å²) < 4.78 is 0. The number of aryl methyl sites for hydroxylation is 1. The first kappa shape index (κ1) is 9.40. The lowest BCUT2D eigenvalue weighted by Gasteiger charge is -1.95. The van der Waals surface area contributed by atoms with Crippen LogP contribution in [0.1, 0.15) is 31.4 Å². The van der Waals surface area contributed by atoms with Crippen molar-refractivity contribution in [3.8, 4) is 0 Å². The Bertz CT molecular complexity index is 475. The SMILES string of the molecule is Cc1nc(Cl)c2[nH]c(C(C)C)nc2n1. The first-order valence-corrected chi connectivity index (χ1v) is 4.85. The topological polar surface area (TPSA) is 54.5 Å². The predicted octanol–water partition coefficient (Wildman–Crippen LogP) is 2.44. The van der Waals surface area contributed by atoms with Crippen LogP contribution in [0.2, 0.25) is 5.15 Å². The van der Waals surface area contributed by atoms with Gasteiger partial charge in [-0.3, -0.25) is 0 Å². The molecule has 0 amide bonds. The van der Waals surface area contributed by atoms with Gasteiger partial charge in [-0.25, -0.2) is 15.0 Å². The lowest BCUT2D eigenvalue weighted by Crippen LogP contribution is -1.89. The van der Waals surface area contributed by atoms with Gasteiger partial charge in [-0.05, 0) is 6.92 Å². The molecule has 0 aromatic carbocycles. The van der Waals surface area contributed by atoms with E-state index in [0.29, 0.717) is 22.5 Å². The smallest absolute Gasteiger partial charge is 0.182 e. The van der Waals surface area contributed by atoms with Crippen molar-refractivity contribution in [3.05, 3.63) is 16.8 Å². The van der Waals surface area contributed by atoms with Gasteiger partial charge in [0, 0.05) is 5.92 Å². The van der Waals surface area contributed by atoms with Gasteiger partial charge in [0.15, 0.2) is 10.8 Å². The summed E-state index contributed by atoms with van der Waals surface area (Å²) in [6.07, 6.45) is 0. The number of rotatable bonds is 1. The molecule has 0 unspecified atom stereocenters. The molecule has 0 fully saturated rings. The first-order chi connectivity index (χ1) is 6.58. The summed E-state index contributed by atoms with van der Waals surface area (Å²) in [6.45, 7) is 5.92. The third-order valence-electron chi connectivity index (χ3n) is 1.98. The molecule has 0 bridgehead atoms. The van der Waals surface area contributed by atoms with Gasteiger partial charge in [0.2, 0.25) is 0 Å². The fourth-order valence-electron chi connectivity index (χ4n) is 1.26. The van der Waals surface area contributed by atoms with Crippen molar-refractivity contribution < 1.29 is 0 Å². The molecule has 14 heavy (non-hydrogen) atoms. The molecule has 74 valence electrons. The fraction of sp³-hybridized carbons (Fsp3) is 0.444. The van der Waals surface area contributed by atoms with Crippen molar-refractivity contribution in [2.75, 3.05) is 0 Å². The second kappa shape index (κ2) is 3.20. The molecule has 4 nitrogen and oxygen atoms in total. The Morgan fingerprint density at radius 1 is 1.21 bits per heavy atom. The maximum atomic E-state index is 5.96. The highest BCUT2D eigenvalue weighted by Gasteiger charge is 2.11. The molecule has 2 aromatic heterocycles. The number of imidazole rings is 1. The van der Waals surface area contributed by atoms with Crippen LogP contribution in [0.3, 0.4) is 0 Å². The zero-order chi connectivity index (χ0) is 10.3. The summed E-state index contributed by atoms with van der Waals surface area (Å²) in [4.78, 5) is 15.7. The average molecular weight is 211 g/mol. The number of nitrogens with zero attached hydrogens (tertiary/aromatic N) is 3. The number of halogens is 1. The number of hydrogen-bond acceptors (Lipinski definition) is 3. The molecule has 2 rings (SSSR count). The first-order valence-electron chi connectivity index (χ1n) is 4.47. The molecular weight excluding hydrogens is 200 g/mol. The van der Waals surface area contributed by atoms with E-state index in [2.05, 4.69) is 33.8 Å². The zero-order valence-electron chi connectivity index (χ0n) is 8.30.